The molecule has 0 spiro atoms. The van der Waals surface area contributed by atoms with Crippen molar-refractivity contribution < 1.29 is 9.47 Å². The first-order valence-corrected chi connectivity index (χ1v) is 8.30. The van der Waals surface area contributed by atoms with Crippen molar-refractivity contribution in [2.24, 2.45) is 5.92 Å². The molecule has 0 radical (unpaired) electrons. The number of hydrogen-bond acceptors (Lipinski definition) is 4. The summed E-state index contributed by atoms with van der Waals surface area (Å²) in [6, 6.07) is 4.94. The van der Waals surface area contributed by atoms with Gasteiger partial charge in [0.2, 0.25) is 5.88 Å². The number of nitrogens with one attached hydrogen (secondary N) is 1. The fourth-order valence-electron chi connectivity index (χ4n) is 2.38. The Hall–Kier alpha value is -1.29. The standard InChI is InChI=1S/C18H30N2O2/c1-12(2)13(3)20-14-9-16(10-14)21-17-8-7-15(11-19-17)22-18(4,5)6/h7-8,11-14,16,20H,9-10H2,1-6H3/t13-,14-,16+/m0/s1. The fourth-order valence-corrected chi connectivity index (χ4v) is 2.38. The van der Waals surface area contributed by atoms with Crippen LogP contribution in [-0.2, 0) is 0 Å². The van der Waals surface area contributed by atoms with E-state index in [2.05, 4.69) is 31.1 Å². The SMILES string of the molecule is CC(C)[C@H](C)N[C@H]1C[C@@H](Oc2ccc(OC(C)(C)C)cn2)C1. The molecule has 1 atom stereocenters. The highest BCUT2D eigenvalue weighted by atomic mass is 16.5. The lowest BCUT2D eigenvalue weighted by atomic mass is 9.88. The van der Waals surface area contributed by atoms with Crippen LogP contribution in [0.15, 0.2) is 18.3 Å². The van der Waals surface area contributed by atoms with Crippen LogP contribution in [0.4, 0.5) is 0 Å². The van der Waals surface area contributed by atoms with E-state index in [1.165, 1.54) is 0 Å². The lowest BCUT2D eigenvalue weighted by molar-refractivity contribution is 0.0728. The summed E-state index contributed by atoms with van der Waals surface area (Å²) >= 11 is 0. The maximum absolute atomic E-state index is 5.90. The van der Waals surface area contributed by atoms with Gasteiger partial charge in [-0.3, -0.25) is 0 Å². The van der Waals surface area contributed by atoms with Gasteiger partial charge in [-0.25, -0.2) is 4.98 Å². The van der Waals surface area contributed by atoms with E-state index in [1.807, 2.05) is 32.9 Å². The van der Waals surface area contributed by atoms with Gasteiger partial charge < -0.3 is 14.8 Å². The molecule has 22 heavy (non-hydrogen) atoms. The second-order valence-corrected chi connectivity index (χ2v) is 7.65. The molecule has 0 saturated heterocycles. The van der Waals surface area contributed by atoms with Crippen molar-refractivity contribution in [1.29, 1.82) is 0 Å². The number of aromatic nitrogens is 1. The van der Waals surface area contributed by atoms with Crippen molar-refractivity contribution in [1.82, 2.24) is 10.3 Å². The average molecular weight is 306 g/mol. The Kier molecular flexibility index (Phi) is 5.32. The molecule has 1 aromatic rings. The van der Waals surface area contributed by atoms with E-state index < -0.39 is 0 Å². The van der Waals surface area contributed by atoms with Gasteiger partial charge in [-0.2, -0.15) is 0 Å². The molecule has 1 fully saturated rings. The largest absolute Gasteiger partial charge is 0.487 e. The minimum atomic E-state index is -0.204. The topological polar surface area (TPSA) is 43.4 Å². The van der Waals surface area contributed by atoms with E-state index >= 15 is 0 Å². The van der Waals surface area contributed by atoms with Crippen LogP contribution in [0.25, 0.3) is 0 Å². The number of pyridine rings is 1. The maximum Gasteiger partial charge on any atom is 0.213 e. The summed E-state index contributed by atoms with van der Waals surface area (Å²) < 4.78 is 11.7. The summed E-state index contributed by atoms with van der Waals surface area (Å²) in [7, 11) is 0. The predicted molar refractivity (Wildman–Crippen MR) is 89.5 cm³/mol. The summed E-state index contributed by atoms with van der Waals surface area (Å²) in [6.07, 6.45) is 4.12. The molecular formula is C18H30N2O2. The van der Waals surface area contributed by atoms with Gasteiger partial charge in [-0.1, -0.05) is 13.8 Å². The number of ether oxygens (including phenoxy) is 2. The second-order valence-electron chi connectivity index (χ2n) is 7.65. The van der Waals surface area contributed by atoms with E-state index in [-0.39, 0.29) is 11.7 Å². The van der Waals surface area contributed by atoms with Gasteiger partial charge in [0.25, 0.3) is 0 Å². The molecule has 124 valence electrons. The Morgan fingerprint density at radius 1 is 1.18 bits per heavy atom. The third-order valence-corrected chi connectivity index (χ3v) is 4.01. The second kappa shape index (κ2) is 6.86. The Morgan fingerprint density at radius 2 is 1.86 bits per heavy atom. The molecule has 4 nitrogen and oxygen atoms in total. The van der Waals surface area contributed by atoms with Gasteiger partial charge in [0, 0.05) is 18.2 Å². The van der Waals surface area contributed by atoms with Crippen LogP contribution in [0.3, 0.4) is 0 Å². The molecule has 4 heteroatoms. The first-order chi connectivity index (χ1) is 10.2. The van der Waals surface area contributed by atoms with Crippen LogP contribution < -0.4 is 14.8 Å². The predicted octanol–water partition coefficient (Wildman–Crippen LogP) is 3.80. The van der Waals surface area contributed by atoms with Crippen molar-refractivity contribution in [3.63, 3.8) is 0 Å². The Morgan fingerprint density at radius 3 is 2.36 bits per heavy atom. The monoisotopic (exact) mass is 306 g/mol. The lowest BCUT2D eigenvalue weighted by Crippen LogP contribution is -2.50. The first-order valence-electron chi connectivity index (χ1n) is 8.30. The van der Waals surface area contributed by atoms with E-state index in [4.69, 9.17) is 9.47 Å². The van der Waals surface area contributed by atoms with Gasteiger partial charge in [-0.15, -0.1) is 0 Å². The zero-order valence-electron chi connectivity index (χ0n) is 14.7. The zero-order chi connectivity index (χ0) is 16.3. The summed E-state index contributed by atoms with van der Waals surface area (Å²) in [5.74, 6) is 2.12. The Balaban J connectivity index is 1.75. The number of rotatable bonds is 6. The van der Waals surface area contributed by atoms with Gasteiger partial charge in [-0.05, 0) is 52.5 Å². The highest BCUT2D eigenvalue weighted by Crippen LogP contribution is 2.27. The lowest BCUT2D eigenvalue weighted by Gasteiger charge is -2.38. The molecule has 1 N–H and O–H groups in total. The maximum atomic E-state index is 5.90. The van der Waals surface area contributed by atoms with Gasteiger partial charge in [0.15, 0.2) is 0 Å². The van der Waals surface area contributed by atoms with E-state index in [0.717, 1.165) is 18.6 Å². The summed E-state index contributed by atoms with van der Waals surface area (Å²) in [5.41, 5.74) is -0.204. The van der Waals surface area contributed by atoms with E-state index in [1.54, 1.807) is 6.20 Å². The van der Waals surface area contributed by atoms with Crippen LogP contribution in [0.2, 0.25) is 0 Å². The van der Waals surface area contributed by atoms with Gasteiger partial charge in [0.1, 0.15) is 17.5 Å². The van der Waals surface area contributed by atoms with Crippen molar-refractivity contribution in [2.45, 2.75) is 78.2 Å². The minimum Gasteiger partial charge on any atom is -0.487 e. The molecule has 0 amide bonds. The minimum absolute atomic E-state index is 0.204. The van der Waals surface area contributed by atoms with Crippen LogP contribution in [0, 0.1) is 5.92 Å². The van der Waals surface area contributed by atoms with Crippen LogP contribution >= 0.6 is 0 Å². The summed E-state index contributed by atoms with van der Waals surface area (Å²) in [4.78, 5) is 4.33. The van der Waals surface area contributed by atoms with E-state index in [0.29, 0.717) is 23.9 Å². The zero-order valence-corrected chi connectivity index (χ0v) is 14.7. The molecule has 1 saturated carbocycles. The molecule has 0 aromatic carbocycles. The Bertz CT molecular complexity index is 459. The number of nitrogens with zero attached hydrogens (tertiary/aromatic N) is 1. The molecular weight excluding hydrogens is 276 g/mol. The van der Waals surface area contributed by atoms with Crippen LogP contribution in [0.5, 0.6) is 11.6 Å². The van der Waals surface area contributed by atoms with Crippen molar-refractivity contribution in [3.05, 3.63) is 18.3 Å². The quantitative estimate of drug-likeness (QED) is 0.868. The summed E-state index contributed by atoms with van der Waals surface area (Å²) in [6.45, 7) is 12.8. The number of hydrogen-bond donors (Lipinski definition) is 1. The average Bonchev–Trinajstić information content (AvgIpc) is 2.36. The Labute approximate surface area is 134 Å². The summed E-state index contributed by atoms with van der Waals surface area (Å²) in [5, 5.41) is 3.65. The fraction of sp³-hybridized carbons (Fsp3) is 0.722. The molecule has 1 aliphatic carbocycles. The van der Waals surface area contributed by atoms with Gasteiger partial charge >= 0.3 is 0 Å². The highest BCUT2D eigenvalue weighted by Gasteiger charge is 2.32. The molecule has 2 rings (SSSR count). The third-order valence-electron chi connectivity index (χ3n) is 4.01. The molecule has 1 aliphatic rings. The molecule has 0 bridgehead atoms. The van der Waals surface area contributed by atoms with Crippen LogP contribution in [-0.4, -0.2) is 28.8 Å². The van der Waals surface area contributed by atoms with E-state index in [9.17, 15) is 0 Å². The van der Waals surface area contributed by atoms with Crippen molar-refractivity contribution in [3.8, 4) is 11.6 Å². The van der Waals surface area contributed by atoms with Crippen LogP contribution in [0.1, 0.15) is 54.4 Å². The molecule has 1 aromatic heterocycles. The smallest absolute Gasteiger partial charge is 0.213 e. The van der Waals surface area contributed by atoms with Crippen molar-refractivity contribution >= 4 is 0 Å². The third kappa shape index (κ3) is 5.16. The van der Waals surface area contributed by atoms with Gasteiger partial charge in [0.05, 0.1) is 6.20 Å². The molecule has 1 heterocycles. The molecule has 0 aliphatic heterocycles. The molecule has 0 unspecified atom stereocenters. The highest BCUT2D eigenvalue weighted by molar-refractivity contribution is 5.23. The normalized spacial score (nSPS) is 23.0. The first kappa shape index (κ1) is 17.1. The van der Waals surface area contributed by atoms with Crippen molar-refractivity contribution in [2.75, 3.05) is 0 Å².